The Hall–Kier alpha value is -2.36. The van der Waals surface area contributed by atoms with Gasteiger partial charge >= 0.3 is 6.09 Å². The van der Waals surface area contributed by atoms with Gasteiger partial charge in [0.05, 0.1) is 0 Å². The molecule has 92 valence electrons. The summed E-state index contributed by atoms with van der Waals surface area (Å²) in [5.41, 5.74) is 0. The van der Waals surface area contributed by atoms with Gasteiger partial charge in [0.15, 0.2) is 0 Å². The lowest BCUT2D eigenvalue weighted by atomic mass is 10.1. The van der Waals surface area contributed by atoms with Crippen molar-refractivity contribution in [3.05, 3.63) is 42.5 Å². The molecule has 0 unspecified atom stereocenters. The Morgan fingerprint density at radius 3 is 2.61 bits per heavy atom. The first-order chi connectivity index (χ1) is 8.70. The van der Waals surface area contributed by atoms with Gasteiger partial charge in [-0.3, -0.25) is 10.1 Å². The van der Waals surface area contributed by atoms with E-state index in [9.17, 15) is 9.59 Å². The zero-order chi connectivity index (χ0) is 13.0. The second-order valence-corrected chi connectivity index (χ2v) is 3.77. The van der Waals surface area contributed by atoms with Crippen LogP contribution in [-0.2, 0) is 4.79 Å². The Kier molecular flexibility index (Phi) is 3.57. The van der Waals surface area contributed by atoms with Crippen LogP contribution in [0.15, 0.2) is 42.5 Å². The molecule has 2 aromatic carbocycles. The summed E-state index contributed by atoms with van der Waals surface area (Å²) in [6, 6.07) is 13.0. The van der Waals surface area contributed by atoms with Gasteiger partial charge < -0.3 is 4.74 Å². The van der Waals surface area contributed by atoms with E-state index in [-0.39, 0.29) is 12.3 Å². The lowest BCUT2D eigenvalue weighted by Gasteiger charge is -2.07. The van der Waals surface area contributed by atoms with E-state index in [1.807, 2.05) is 30.3 Å². The molecule has 0 aliphatic carbocycles. The highest BCUT2D eigenvalue weighted by Gasteiger charge is 2.09. The van der Waals surface area contributed by atoms with Crippen molar-refractivity contribution in [2.45, 2.75) is 13.3 Å². The molecule has 4 nitrogen and oxygen atoms in total. The smallest absolute Gasteiger partial charge is 0.409 e. The quantitative estimate of drug-likeness (QED) is 0.882. The summed E-state index contributed by atoms with van der Waals surface area (Å²) in [4.78, 5) is 22.5. The molecule has 0 saturated heterocycles. The number of carbonyl (C=O) groups excluding carboxylic acids is 2. The van der Waals surface area contributed by atoms with Crippen LogP contribution in [0, 0.1) is 0 Å². The summed E-state index contributed by atoms with van der Waals surface area (Å²) in [5.74, 6) is 0.0785. The van der Waals surface area contributed by atoms with Gasteiger partial charge in [-0.05, 0) is 11.5 Å². The number of amides is 2. The molecule has 2 rings (SSSR count). The number of nitrogens with one attached hydrogen (secondary N) is 1. The lowest BCUT2D eigenvalue weighted by molar-refractivity contribution is -0.119. The van der Waals surface area contributed by atoms with Crippen LogP contribution in [0.1, 0.15) is 13.3 Å². The molecule has 0 saturated carbocycles. The van der Waals surface area contributed by atoms with Crippen molar-refractivity contribution in [1.29, 1.82) is 0 Å². The average molecular weight is 243 g/mol. The number of hydrogen-bond acceptors (Lipinski definition) is 3. The van der Waals surface area contributed by atoms with Crippen molar-refractivity contribution in [2.24, 2.45) is 0 Å². The number of hydrogen-bond donors (Lipinski definition) is 1. The topological polar surface area (TPSA) is 55.4 Å². The second-order valence-electron chi connectivity index (χ2n) is 3.77. The van der Waals surface area contributed by atoms with Crippen molar-refractivity contribution in [1.82, 2.24) is 5.32 Å². The molecule has 0 radical (unpaired) electrons. The molecule has 0 spiro atoms. The summed E-state index contributed by atoms with van der Waals surface area (Å²) in [6.45, 7) is 1.67. The molecule has 18 heavy (non-hydrogen) atoms. The summed E-state index contributed by atoms with van der Waals surface area (Å²) in [6.07, 6.45) is -0.511. The largest absolute Gasteiger partial charge is 0.419 e. The summed E-state index contributed by atoms with van der Waals surface area (Å²) >= 11 is 0. The summed E-state index contributed by atoms with van der Waals surface area (Å²) in [5, 5.41) is 3.95. The van der Waals surface area contributed by atoms with Crippen molar-refractivity contribution in [3.8, 4) is 5.75 Å². The van der Waals surface area contributed by atoms with E-state index in [1.165, 1.54) is 0 Å². The normalized spacial score (nSPS) is 10.1. The van der Waals surface area contributed by atoms with E-state index in [0.29, 0.717) is 5.75 Å². The fourth-order valence-electron chi connectivity index (χ4n) is 1.61. The highest BCUT2D eigenvalue weighted by molar-refractivity contribution is 5.95. The average Bonchev–Trinajstić information content (AvgIpc) is 2.39. The highest BCUT2D eigenvalue weighted by atomic mass is 16.6. The molecule has 2 amide bonds. The Bertz CT molecular complexity index is 587. The molecule has 0 aromatic heterocycles. The molecule has 2 aromatic rings. The predicted molar refractivity (Wildman–Crippen MR) is 68.4 cm³/mol. The molecule has 0 aliphatic heterocycles. The van der Waals surface area contributed by atoms with Crippen LogP contribution in [0.3, 0.4) is 0 Å². The van der Waals surface area contributed by atoms with Gasteiger partial charge in [-0.2, -0.15) is 0 Å². The first kappa shape index (κ1) is 12.1. The van der Waals surface area contributed by atoms with Crippen LogP contribution in [-0.4, -0.2) is 12.0 Å². The minimum atomic E-state index is -0.752. The predicted octanol–water partition coefficient (Wildman–Crippen LogP) is 2.86. The van der Waals surface area contributed by atoms with Crippen molar-refractivity contribution in [2.75, 3.05) is 0 Å². The van der Waals surface area contributed by atoms with E-state index >= 15 is 0 Å². The molecular formula is C14H13NO3. The third-order valence-electron chi connectivity index (χ3n) is 2.51. The van der Waals surface area contributed by atoms with Gasteiger partial charge in [0.1, 0.15) is 5.75 Å². The minimum absolute atomic E-state index is 0.241. The van der Waals surface area contributed by atoms with Crippen molar-refractivity contribution < 1.29 is 14.3 Å². The van der Waals surface area contributed by atoms with E-state index in [0.717, 1.165) is 10.8 Å². The van der Waals surface area contributed by atoms with Gasteiger partial charge in [0, 0.05) is 11.8 Å². The lowest BCUT2D eigenvalue weighted by Crippen LogP contribution is -2.32. The standard InChI is InChI=1S/C14H13NO3/c1-2-13(16)15-14(17)18-12-9-5-7-10-6-3-4-8-11(10)12/h3-9H,2H2,1H3,(H,15,16,17). The van der Waals surface area contributed by atoms with Gasteiger partial charge in [0.2, 0.25) is 5.91 Å². The van der Waals surface area contributed by atoms with Gasteiger partial charge in [-0.25, -0.2) is 4.79 Å². The van der Waals surface area contributed by atoms with E-state index in [2.05, 4.69) is 5.32 Å². The third-order valence-corrected chi connectivity index (χ3v) is 2.51. The monoisotopic (exact) mass is 243 g/mol. The zero-order valence-electron chi connectivity index (χ0n) is 9.97. The summed E-state index contributed by atoms with van der Waals surface area (Å²) < 4.78 is 5.13. The summed E-state index contributed by atoms with van der Waals surface area (Å²) in [7, 11) is 0. The Morgan fingerprint density at radius 2 is 1.83 bits per heavy atom. The minimum Gasteiger partial charge on any atom is -0.409 e. The number of ether oxygens (including phenoxy) is 1. The molecule has 0 atom stereocenters. The number of benzene rings is 2. The Balaban J connectivity index is 2.21. The van der Waals surface area contributed by atoms with Crippen LogP contribution in [0.5, 0.6) is 5.75 Å². The van der Waals surface area contributed by atoms with Crippen molar-refractivity contribution in [3.63, 3.8) is 0 Å². The Labute approximate surface area is 105 Å². The molecule has 0 fully saturated rings. The van der Waals surface area contributed by atoms with Gasteiger partial charge in [-0.15, -0.1) is 0 Å². The van der Waals surface area contributed by atoms with E-state index in [4.69, 9.17) is 4.74 Å². The number of fused-ring (bicyclic) bond motifs is 1. The maximum Gasteiger partial charge on any atom is 0.419 e. The third kappa shape index (κ3) is 2.66. The number of rotatable bonds is 2. The van der Waals surface area contributed by atoms with Crippen LogP contribution in [0.2, 0.25) is 0 Å². The van der Waals surface area contributed by atoms with Crippen LogP contribution >= 0.6 is 0 Å². The van der Waals surface area contributed by atoms with E-state index < -0.39 is 6.09 Å². The molecule has 0 aliphatic rings. The SMILES string of the molecule is CCC(=O)NC(=O)Oc1cccc2ccccc12. The second kappa shape index (κ2) is 5.31. The molecular weight excluding hydrogens is 230 g/mol. The molecule has 0 bridgehead atoms. The zero-order valence-corrected chi connectivity index (χ0v) is 9.97. The molecule has 1 N–H and O–H groups in total. The van der Waals surface area contributed by atoms with Gasteiger partial charge in [-0.1, -0.05) is 43.3 Å². The highest BCUT2D eigenvalue weighted by Crippen LogP contribution is 2.25. The van der Waals surface area contributed by atoms with Crippen LogP contribution in [0.25, 0.3) is 10.8 Å². The molecule has 4 heteroatoms. The number of imide groups is 1. The first-order valence-corrected chi connectivity index (χ1v) is 5.70. The van der Waals surface area contributed by atoms with Gasteiger partial charge in [0.25, 0.3) is 0 Å². The maximum absolute atomic E-state index is 11.5. The fraction of sp³-hybridized carbons (Fsp3) is 0.143. The first-order valence-electron chi connectivity index (χ1n) is 5.70. The fourth-order valence-corrected chi connectivity index (χ4v) is 1.61. The van der Waals surface area contributed by atoms with Crippen molar-refractivity contribution >= 4 is 22.8 Å². The van der Waals surface area contributed by atoms with Crippen LogP contribution in [0.4, 0.5) is 4.79 Å². The van der Waals surface area contributed by atoms with E-state index in [1.54, 1.807) is 19.1 Å². The number of carbonyl (C=O) groups is 2. The Morgan fingerprint density at radius 1 is 1.11 bits per heavy atom. The molecule has 0 heterocycles. The van der Waals surface area contributed by atoms with Crippen LogP contribution < -0.4 is 10.1 Å². The maximum atomic E-state index is 11.5.